The maximum atomic E-state index is 12.1. The van der Waals surface area contributed by atoms with Crippen LogP contribution in [0.1, 0.15) is 5.82 Å². The topological polar surface area (TPSA) is 116 Å². The predicted molar refractivity (Wildman–Crippen MR) is 71.4 cm³/mol. The number of rotatable bonds is 4. The monoisotopic (exact) mass is 346 g/mol. The van der Waals surface area contributed by atoms with Crippen LogP contribution in [0.5, 0.6) is 0 Å². The summed E-state index contributed by atoms with van der Waals surface area (Å²) in [4.78, 5) is 3.71. The number of aromatic nitrogens is 4. The molecule has 2 aromatic heterocycles. The summed E-state index contributed by atoms with van der Waals surface area (Å²) in [6.07, 6.45) is 2.91. The molecule has 0 amide bonds. The van der Waals surface area contributed by atoms with Gasteiger partial charge in [0.1, 0.15) is 22.9 Å². The third kappa shape index (κ3) is 3.08. The van der Waals surface area contributed by atoms with Crippen LogP contribution in [0.25, 0.3) is 0 Å². The summed E-state index contributed by atoms with van der Waals surface area (Å²) in [6.45, 7) is 0.0186. The number of nitrogens with two attached hydrogens (primary N) is 1. The van der Waals surface area contributed by atoms with Crippen molar-refractivity contribution in [1.29, 1.82) is 0 Å². The fourth-order valence-electron chi connectivity index (χ4n) is 1.35. The van der Waals surface area contributed by atoms with Crippen molar-refractivity contribution in [2.75, 3.05) is 5.73 Å². The smallest absolute Gasteiger partial charge is 0.244 e. The second-order valence-corrected chi connectivity index (χ2v) is 6.37. The summed E-state index contributed by atoms with van der Waals surface area (Å²) >= 11 is 3.15. The van der Waals surface area contributed by atoms with Gasteiger partial charge in [0.15, 0.2) is 0 Å². The molecule has 19 heavy (non-hydrogen) atoms. The zero-order chi connectivity index (χ0) is 14.0. The molecule has 0 spiro atoms. The number of hydrogen-bond acceptors (Lipinski definition) is 6. The number of hydrogen-bond donors (Lipinski definition) is 2. The minimum absolute atomic E-state index is 0.0186. The fraction of sp³-hybridized carbons (Fsp3) is 0.222. The van der Waals surface area contributed by atoms with E-state index < -0.39 is 10.0 Å². The molecule has 0 saturated carbocycles. The summed E-state index contributed by atoms with van der Waals surface area (Å²) in [7, 11) is -2.03. The normalized spacial score (nSPS) is 11.7. The molecule has 0 unspecified atom stereocenters. The van der Waals surface area contributed by atoms with Crippen molar-refractivity contribution < 1.29 is 8.42 Å². The molecule has 2 aromatic rings. The Hall–Kier alpha value is -1.52. The quantitative estimate of drug-likeness (QED) is 0.806. The summed E-state index contributed by atoms with van der Waals surface area (Å²) in [6, 6.07) is 1.39. The van der Waals surface area contributed by atoms with Crippen LogP contribution in [0.3, 0.4) is 0 Å². The van der Waals surface area contributed by atoms with Crippen LogP contribution >= 0.6 is 15.9 Å². The van der Waals surface area contributed by atoms with Crippen molar-refractivity contribution in [3.05, 3.63) is 28.9 Å². The first-order valence-electron chi connectivity index (χ1n) is 5.14. The Morgan fingerprint density at radius 1 is 1.53 bits per heavy atom. The fourth-order valence-corrected chi connectivity index (χ4v) is 2.92. The zero-order valence-electron chi connectivity index (χ0n) is 9.91. The van der Waals surface area contributed by atoms with E-state index in [0.717, 1.165) is 0 Å². The molecule has 102 valence electrons. The minimum Gasteiger partial charge on any atom is -0.383 e. The van der Waals surface area contributed by atoms with Gasteiger partial charge in [-0.15, -0.1) is 10.2 Å². The summed E-state index contributed by atoms with van der Waals surface area (Å²) in [5.74, 6) is 0.429. The lowest BCUT2D eigenvalue weighted by Gasteiger charge is -2.08. The Balaban J connectivity index is 2.23. The van der Waals surface area contributed by atoms with Gasteiger partial charge in [0.2, 0.25) is 10.0 Å². The molecule has 0 bridgehead atoms. The van der Waals surface area contributed by atoms with E-state index in [-0.39, 0.29) is 17.3 Å². The first-order valence-corrected chi connectivity index (χ1v) is 7.41. The van der Waals surface area contributed by atoms with Crippen molar-refractivity contribution in [2.24, 2.45) is 7.05 Å². The van der Waals surface area contributed by atoms with Gasteiger partial charge >= 0.3 is 0 Å². The highest BCUT2D eigenvalue weighted by Gasteiger charge is 2.19. The molecule has 2 rings (SSSR count). The summed E-state index contributed by atoms with van der Waals surface area (Å²) in [5, 5.41) is 7.44. The molecule has 0 aromatic carbocycles. The Labute approximate surface area is 118 Å². The second-order valence-electron chi connectivity index (χ2n) is 3.72. The average Bonchev–Trinajstić information content (AvgIpc) is 2.75. The molecule has 8 nitrogen and oxygen atoms in total. The Morgan fingerprint density at radius 2 is 2.26 bits per heavy atom. The summed E-state index contributed by atoms with van der Waals surface area (Å²) in [5.41, 5.74) is 5.57. The van der Waals surface area contributed by atoms with Gasteiger partial charge in [-0.1, -0.05) is 0 Å². The van der Waals surface area contributed by atoms with Gasteiger partial charge in [0.05, 0.1) is 6.54 Å². The lowest BCUT2D eigenvalue weighted by Crippen LogP contribution is -2.25. The molecule has 0 atom stereocenters. The first-order chi connectivity index (χ1) is 8.90. The van der Waals surface area contributed by atoms with Gasteiger partial charge in [0.25, 0.3) is 0 Å². The first kappa shape index (κ1) is 13.9. The molecule has 0 fully saturated rings. The minimum atomic E-state index is -3.75. The van der Waals surface area contributed by atoms with Crippen LogP contribution in [0.4, 0.5) is 5.82 Å². The molecule has 0 aliphatic heterocycles. The maximum absolute atomic E-state index is 12.1. The van der Waals surface area contributed by atoms with Gasteiger partial charge in [-0.3, -0.25) is 0 Å². The highest BCUT2D eigenvalue weighted by molar-refractivity contribution is 9.10. The molecule has 0 aliphatic carbocycles. The molecule has 0 aliphatic rings. The molecule has 3 N–H and O–H groups in total. The maximum Gasteiger partial charge on any atom is 0.244 e. The van der Waals surface area contributed by atoms with Gasteiger partial charge in [-0.05, 0) is 22.0 Å². The van der Waals surface area contributed by atoms with E-state index >= 15 is 0 Å². The molecule has 0 radical (unpaired) electrons. The number of pyridine rings is 1. The third-order valence-corrected chi connectivity index (χ3v) is 4.23. The predicted octanol–water partition coefficient (Wildman–Crippen LogP) is 0.0333. The van der Waals surface area contributed by atoms with Crippen LogP contribution in [0, 0.1) is 0 Å². The van der Waals surface area contributed by atoms with Crippen molar-refractivity contribution in [3.63, 3.8) is 0 Å². The van der Waals surface area contributed by atoms with E-state index in [1.165, 1.54) is 18.6 Å². The Kier molecular flexibility index (Phi) is 3.83. The van der Waals surface area contributed by atoms with Gasteiger partial charge in [-0.2, -0.15) is 0 Å². The molecule has 2 heterocycles. The van der Waals surface area contributed by atoms with Crippen LogP contribution in [0.2, 0.25) is 0 Å². The SMILES string of the molecule is Cn1cnnc1CNS(=O)(=O)c1cc(Br)cnc1N. The largest absolute Gasteiger partial charge is 0.383 e. The Bertz CT molecular complexity index is 698. The number of anilines is 1. The molecule has 0 saturated heterocycles. The number of halogens is 1. The van der Waals surface area contributed by atoms with E-state index in [4.69, 9.17) is 5.73 Å². The van der Waals surface area contributed by atoms with E-state index in [9.17, 15) is 8.42 Å². The van der Waals surface area contributed by atoms with Gasteiger partial charge in [-0.25, -0.2) is 18.1 Å². The number of sulfonamides is 1. The molecular weight excluding hydrogens is 336 g/mol. The van der Waals surface area contributed by atoms with E-state index in [2.05, 4.69) is 35.8 Å². The van der Waals surface area contributed by atoms with Crippen molar-refractivity contribution >= 4 is 31.8 Å². The number of nitrogen functional groups attached to an aromatic ring is 1. The van der Waals surface area contributed by atoms with E-state index in [0.29, 0.717) is 10.3 Å². The number of nitrogens with zero attached hydrogens (tertiary/aromatic N) is 4. The van der Waals surface area contributed by atoms with Crippen LogP contribution < -0.4 is 10.5 Å². The molecule has 10 heteroatoms. The lowest BCUT2D eigenvalue weighted by molar-refractivity contribution is 0.577. The van der Waals surface area contributed by atoms with Crippen LogP contribution in [-0.4, -0.2) is 28.2 Å². The zero-order valence-corrected chi connectivity index (χ0v) is 12.3. The second kappa shape index (κ2) is 5.23. The van der Waals surface area contributed by atoms with Gasteiger partial charge < -0.3 is 10.3 Å². The molecular formula is C9H11BrN6O2S. The third-order valence-electron chi connectivity index (χ3n) is 2.36. The van der Waals surface area contributed by atoms with E-state index in [1.54, 1.807) is 11.6 Å². The standard InChI is InChI=1S/C9H11BrN6O2S/c1-16-5-13-15-8(16)4-14-19(17,18)7-2-6(10)3-12-9(7)11/h2-3,5,14H,4H2,1H3,(H2,11,12). The van der Waals surface area contributed by atoms with Crippen molar-refractivity contribution in [2.45, 2.75) is 11.4 Å². The van der Waals surface area contributed by atoms with Crippen LogP contribution in [-0.2, 0) is 23.6 Å². The van der Waals surface area contributed by atoms with Crippen molar-refractivity contribution in [1.82, 2.24) is 24.5 Å². The summed E-state index contributed by atoms with van der Waals surface area (Å²) < 4.78 is 28.7. The highest BCUT2D eigenvalue weighted by atomic mass is 79.9. The van der Waals surface area contributed by atoms with Crippen molar-refractivity contribution in [3.8, 4) is 0 Å². The highest BCUT2D eigenvalue weighted by Crippen LogP contribution is 2.20. The van der Waals surface area contributed by atoms with E-state index in [1.807, 2.05) is 0 Å². The number of aryl methyl sites for hydroxylation is 1. The van der Waals surface area contributed by atoms with Crippen LogP contribution in [0.15, 0.2) is 28.0 Å². The number of nitrogens with one attached hydrogen (secondary N) is 1. The average molecular weight is 347 g/mol. The van der Waals surface area contributed by atoms with Gasteiger partial charge in [0, 0.05) is 17.7 Å². The lowest BCUT2D eigenvalue weighted by atomic mass is 10.5. The Morgan fingerprint density at radius 3 is 2.89 bits per heavy atom.